The Balaban J connectivity index is 1.43. The Kier molecular flexibility index (Phi) is 6.44. The number of hydrogen-bond acceptors (Lipinski definition) is 4. The summed E-state index contributed by atoms with van der Waals surface area (Å²) in [6.45, 7) is 0.843. The van der Waals surface area contributed by atoms with E-state index in [1.165, 1.54) is 0 Å². The molecule has 0 saturated carbocycles. The molecule has 0 aliphatic rings. The number of para-hydroxylation sites is 1. The quantitative estimate of drug-likeness (QED) is 0.630. The topological polar surface area (TPSA) is 59.6 Å². The summed E-state index contributed by atoms with van der Waals surface area (Å²) in [7, 11) is 1.64. The molecular weight excluding hydrogens is 340 g/mol. The Morgan fingerprint density at radius 2 is 1.44 bits per heavy atom. The number of carbonyl (C=O) groups is 1. The van der Waals surface area contributed by atoms with Gasteiger partial charge < -0.3 is 20.1 Å². The van der Waals surface area contributed by atoms with Crippen LogP contribution in [0.25, 0.3) is 0 Å². The monoisotopic (exact) mass is 362 g/mol. The van der Waals surface area contributed by atoms with Gasteiger partial charge in [-0.25, -0.2) is 0 Å². The molecule has 0 unspecified atom stereocenters. The maximum atomic E-state index is 12.1. The molecule has 0 radical (unpaired) electrons. The van der Waals surface area contributed by atoms with Crippen molar-refractivity contribution < 1.29 is 14.3 Å². The van der Waals surface area contributed by atoms with Crippen molar-refractivity contribution >= 4 is 11.6 Å². The molecule has 0 fully saturated rings. The second kappa shape index (κ2) is 9.40. The number of hydrogen-bond donors (Lipinski definition) is 2. The van der Waals surface area contributed by atoms with E-state index in [0.29, 0.717) is 6.54 Å². The summed E-state index contributed by atoms with van der Waals surface area (Å²) in [4.78, 5) is 12.1. The van der Waals surface area contributed by atoms with Gasteiger partial charge in [-0.1, -0.05) is 30.3 Å². The summed E-state index contributed by atoms with van der Waals surface area (Å²) in [6, 6.07) is 24.6. The summed E-state index contributed by atoms with van der Waals surface area (Å²) in [5.41, 5.74) is 1.82. The third kappa shape index (κ3) is 5.87. The van der Waals surface area contributed by atoms with Gasteiger partial charge in [-0.2, -0.15) is 0 Å². The highest BCUT2D eigenvalue weighted by Crippen LogP contribution is 2.22. The van der Waals surface area contributed by atoms with Crippen LogP contribution in [0.5, 0.6) is 17.2 Å². The van der Waals surface area contributed by atoms with Gasteiger partial charge in [0.15, 0.2) is 0 Å². The second-order valence-electron chi connectivity index (χ2n) is 5.94. The van der Waals surface area contributed by atoms with E-state index in [9.17, 15) is 4.79 Å². The number of nitrogens with one attached hydrogen (secondary N) is 2. The molecule has 5 nitrogen and oxygen atoms in total. The summed E-state index contributed by atoms with van der Waals surface area (Å²) >= 11 is 0. The van der Waals surface area contributed by atoms with Crippen molar-refractivity contribution in [3.8, 4) is 17.2 Å². The van der Waals surface area contributed by atoms with Gasteiger partial charge in [0, 0.05) is 12.2 Å². The zero-order chi connectivity index (χ0) is 18.9. The van der Waals surface area contributed by atoms with E-state index in [0.717, 1.165) is 28.5 Å². The average molecular weight is 362 g/mol. The van der Waals surface area contributed by atoms with Crippen LogP contribution in [0, 0.1) is 0 Å². The lowest BCUT2D eigenvalue weighted by Crippen LogP contribution is -2.27. The summed E-state index contributed by atoms with van der Waals surface area (Å²) in [6.07, 6.45) is 0. The molecule has 0 spiro atoms. The Morgan fingerprint density at radius 1 is 0.815 bits per heavy atom. The van der Waals surface area contributed by atoms with Crippen molar-refractivity contribution in [1.29, 1.82) is 0 Å². The van der Waals surface area contributed by atoms with Crippen LogP contribution in [-0.2, 0) is 11.3 Å². The number of rotatable bonds is 8. The Morgan fingerprint density at radius 3 is 2.11 bits per heavy atom. The number of carbonyl (C=O) groups excluding carboxylic acids is 1. The summed E-state index contributed by atoms with van der Waals surface area (Å²) in [5, 5.41) is 5.99. The Bertz CT molecular complexity index is 847. The van der Waals surface area contributed by atoms with Gasteiger partial charge in [0.2, 0.25) is 5.91 Å². The van der Waals surface area contributed by atoms with Crippen LogP contribution in [0.2, 0.25) is 0 Å². The molecule has 3 aromatic rings. The fourth-order valence-electron chi connectivity index (χ4n) is 2.50. The third-order valence-electron chi connectivity index (χ3n) is 3.89. The van der Waals surface area contributed by atoms with Crippen molar-refractivity contribution in [2.45, 2.75) is 6.54 Å². The van der Waals surface area contributed by atoms with Gasteiger partial charge in [0.1, 0.15) is 17.2 Å². The fraction of sp³-hybridized carbons (Fsp3) is 0.136. The Labute approximate surface area is 158 Å². The maximum Gasteiger partial charge on any atom is 0.238 e. The van der Waals surface area contributed by atoms with Gasteiger partial charge in [0.05, 0.1) is 13.7 Å². The summed E-state index contributed by atoms with van der Waals surface area (Å²) in [5.74, 6) is 2.21. The second-order valence-corrected chi connectivity index (χ2v) is 5.94. The highest BCUT2D eigenvalue weighted by atomic mass is 16.5. The van der Waals surface area contributed by atoms with E-state index in [2.05, 4.69) is 10.6 Å². The van der Waals surface area contributed by atoms with Gasteiger partial charge in [-0.05, 0) is 54.1 Å². The molecule has 1 amide bonds. The van der Waals surface area contributed by atoms with Gasteiger partial charge >= 0.3 is 0 Å². The van der Waals surface area contributed by atoms with Crippen molar-refractivity contribution in [3.63, 3.8) is 0 Å². The SMILES string of the molecule is COc1ccc(CNCC(=O)Nc2ccc(Oc3ccccc3)cc2)cc1. The fourth-order valence-corrected chi connectivity index (χ4v) is 2.50. The molecule has 0 aromatic heterocycles. The first-order valence-electron chi connectivity index (χ1n) is 8.69. The molecule has 0 bridgehead atoms. The molecule has 0 aliphatic carbocycles. The zero-order valence-electron chi connectivity index (χ0n) is 15.1. The Hall–Kier alpha value is -3.31. The largest absolute Gasteiger partial charge is 0.497 e. The minimum Gasteiger partial charge on any atom is -0.497 e. The highest BCUT2D eigenvalue weighted by molar-refractivity contribution is 5.92. The van der Waals surface area contributed by atoms with Crippen LogP contribution in [0.3, 0.4) is 0 Å². The summed E-state index contributed by atoms with van der Waals surface area (Å²) < 4.78 is 10.9. The van der Waals surface area contributed by atoms with Crippen LogP contribution in [-0.4, -0.2) is 19.6 Å². The first-order chi connectivity index (χ1) is 13.2. The lowest BCUT2D eigenvalue weighted by atomic mass is 10.2. The van der Waals surface area contributed by atoms with Gasteiger partial charge in [-0.15, -0.1) is 0 Å². The predicted octanol–water partition coefficient (Wildman–Crippen LogP) is 4.22. The molecule has 27 heavy (non-hydrogen) atoms. The first-order valence-corrected chi connectivity index (χ1v) is 8.69. The molecule has 0 atom stereocenters. The standard InChI is InChI=1S/C22H22N2O3/c1-26-19-11-7-17(8-12-19)15-23-16-22(25)24-18-9-13-21(14-10-18)27-20-5-3-2-4-6-20/h2-14,23H,15-16H2,1H3,(H,24,25). The highest BCUT2D eigenvalue weighted by Gasteiger charge is 2.03. The van der Waals surface area contributed by atoms with Crippen LogP contribution >= 0.6 is 0 Å². The lowest BCUT2D eigenvalue weighted by molar-refractivity contribution is -0.115. The van der Waals surface area contributed by atoms with Crippen LogP contribution < -0.4 is 20.1 Å². The normalized spacial score (nSPS) is 10.3. The number of anilines is 1. The number of methoxy groups -OCH3 is 1. The molecule has 138 valence electrons. The van der Waals surface area contributed by atoms with E-state index in [-0.39, 0.29) is 12.5 Å². The lowest BCUT2D eigenvalue weighted by Gasteiger charge is -2.09. The van der Waals surface area contributed by atoms with Crippen molar-refractivity contribution in [2.75, 3.05) is 19.0 Å². The van der Waals surface area contributed by atoms with Crippen molar-refractivity contribution in [3.05, 3.63) is 84.4 Å². The minimum atomic E-state index is -0.0970. The molecule has 0 heterocycles. The molecule has 0 saturated heterocycles. The zero-order valence-corrected chi connectivity index (χ0v) is 15.1. The molecule has 5 heteroatoms. The molecule has 0 aliphatic heterocycles. The number of benzene rings is 3. The average Bonchev–Trinajstić information content (AvgIpc) is 2.71. The number of amides is 1. The van der Waals surface area contributed by atoms with Crippen LogP contribution in [0.4, 0.5) is 5.69 Å². The minimum absolute atomic E-state index is 0.0970. The molecule has 3 aromatic carbocycles. The van der Waals surface area contributed by atoms with E-state index in [1.54, 1.807) is 7.11 Å². The smallest absolute Gasteiger partial charge is 0.238 e. The predicted molar refractivity (Wildman–Crippen MR) is 106 cm³/mol. The molecule has 2 N–H and O–H groups in total. The van der Waals surface area contributed by atoms with E-state index in [1.807, 2.05) is 78.9 Å². The van der Waals surface area contributed by atoms with Crippen molar-refractivity contribution in [1.82, 2.24) is 5.32 Å². The van der Waals surface area contributed by atoms with E-state index in [4.69, 9.17) is 9.47 Å². The molecule has 3 rings (SSSR count). The van der Waals surface area contributed by atoms with E-state index >= 15 is 0 Å². The number of ether oxygens (including phenoxy) is 2. The van der Waals surface area contributed by atoms with Crippen molar-refractivity contribution in [2.24, 2.45) is 0 Å². The van der Waals surface area contributed by atoms with Gasteiger partial charge in [0.25, 0.3) is 0 Å². The first kappa shape index (κ1) is 18.5. The van der Waals surface area contributed by atoms with Crippen LogP contribution in [0.15, 0.2) is 78.9 Å². The van der Waals surface area contributed by atoms with Crippen LogP contribution in [0.1, 0.15) is 5.56 Å². The maximum absolute atomic E-state index is 12.1. The molecular formula is C22H22N2O3. The van der Waals surface area contributed by atoms with E-state index < -0.39 is 0 Å². The third-order valence-corrected chi connectivity index (χ3v) is 3.89. The van der Waals surface area contributed by atoms with Gasteiger partial charge in [-0.3, -0.25) is 4.79 Å².